The van der Waals surface area contributed by atoms with Crippen molar-refractivity contribution in [3.63, 3.8) is 0 Å². The number of ether oxygens (including phenoxy) is 2. The fourth-order valence-electron chi connectivity index (χ4n) is 3.56. The van der Waals surface area contributed by atoms with E-state index in [0.29, 0.717) is 26.2 Å². The van der Waals surface area contributed by atoms with E-state index in [-0.39, 0.29) is 36.1 Å². The first-order chi connectivity index (χ1) is 15.3. The van der Waals surface area contributed by atoms with Crippen molar-refractivity contribution in [2.45, 2.75) is 43.6 Å². The molecule has 1 aromatic rings. The van der Waals surface area contributed by atoms with Gasteiger partial charge in [0.05, 0.1) is 18.1 Å². The molecular weight excluding hydrogens is 438 g/mol. The maximum atomic E-state index is 12.8. The molecule has 2 saturated heterocycles. The van der Waals surface area contributed by atoms with Gasteiger partial charge in [0, 0.05) is 31.7 Å². The van der Waals surface area contributed by atoms with E-state index in [9.17, 15) is 22.8 Å². The van der Waals surface area contributed by atoms with E-state index < -0.39 is 28.0 Å². The van der Waals surface area contributed by atoms with Crippen LogP contribution in [0.25, 0.3) is 0 Å². The molecule has 2 fully saturated rings. The summed E-state index contributed by atoms with van der Waals surface area (Å²) in [5.41, 5.74) is 0.273. The van der Waals surface area contributed by atoms with E-state index in [1.165, 1.54) is 34.3 Å². The number of hydrogen-bond donors (Lipinski definition) is 1. The van der Waals surface area contributed by atoms with Crippen LogP contribution >= 0.6 is 0 Å². The van der Waals surface area contributed by atoms with Crippen molar-refractivity contribution in [2.75, 3.05) is 44.7 Å². The van der Waals surface area contributed by atoms with Crippen molar-refractivity contribution >= 4 is 33.5 Å². The van der Waals surface area contributed by atoms with Gasteiger partial charge in [0.2, 0.25) is 15.9 Å². The number of rotatable bonds is 7. The topological polar surface area (TPSA) is 122 Å². The molecule has 0 saturated carbocycles. The summed E-state index contributed by atoms with van der Waals surface area (Å²) in [4.78, 5) is 38.2. The molecule has 32 heavy (non-hydrogen) atoms. The molecule has 0 bridgehead atoms. The Balaban J connectivity index is 1.57. The van der Waals surface area contributed by atoms with Gasteiger partial charge in [0.15, 0.2) is 6.10 Å². The van der Waals surface area contributed by atoms with E-state index in [1.807, 2.05) is 0 Å². The maximum absolute atomic E-state index is 12.8. The molecule has 176 valence electrons. The minimum atomic E-state index is -3.70. The lowest BCUT2D eigenvalue weighted by Gasteiger charge is -2.26. The summed E-state index contributed by atoms with van der Waals surface area (Å²) in [6, 6.07) is 5.92. The molecule has 10 nitrogen and oxygen atoms in total. The molecule has 1 N–H and O–H groups in total. The van der Waals surface area contributed by atoms with Crippen LogP contribution in [0.4, 0.5) is 5.69 Å². The number of morpholine rings is 1. The van der Waals surface area contributed by atoms with Gasteiger partial charge in [0.1, 0.15) is 6.54 Å². The van der Waals surface area contributed by atoms with Gasteiger partial charge < -0.3 is 19.7 Å². The number of amides is 2. The molecule has 1 atom stereocenters. The minimum absolute atomic E-state index is 0.0570. The maximum Gasteiger partial charge on any atom is 0.326 e. The summed E-state index contributed by atoms with van der Waals surface area (Å²) in [5.74, 6) is -1.34. The number of hydrogen-bond acceptors (Lipinski definition) is 7. The molecule has 3 rings (SSSR count). The minimum Gasteiger partial charge on any atom is -0.451 e. The fraction of sp³-hybridized carbons (Fsp3) is 0.571. The lowest BCUT2D eigenvalue weighted by Crippen LogP contribution is -2.40. The predicted molar refractivity (Wildman–Crippen MR) is 115 cm³/mol. The van der Waals surface area contributed by atoms with Gasteiger partial charge in [0.25, 0.3) is 5.91 Å². The lowest BCUT2D eigenvalue weighted by atomic mass is 10.2. The van der Waals surface area contributed by atoms with Gasteiger partial charge in [-0.3, -0.25) is 14.4 Å². The first kappa shape index (κ1) is 24.1. The monoisotopic (exact) mass is 467 g/mol. The second-order valence-corrected chi connectivity index (χ2v) is 9.73. The van der Waals surface area contributed by atoms with Crippen LogP contribution in [0.1, 0.15) is 32.6 Å². The second-order valence-electron chi connectivity index (χ2n) is 7.79. The van der Waals surface area contributed by atoms with Crippen molar-refractivity contribution < 1.29 is 32.3 Å². The summed E-state index contributed by atoms with van der Waals surface area (Å²) in [6.45, 7) is 2.94. The number of nitrogens with zero attached hydrogens (tertiary/aromatic N) is 2. The molecule has 2 heterocycles. The Hall–Kier alpha value is -2.50. The molecule has 1 aromatic carbocycles. The van der Waals surface area contributed by atoms with Crippen LogP contribution < -0.4 is 5.32 Å². The van der Waals surface area contributed by atoms with Gasteiger partial charge in [-0.25, -0.2) is 8.42 Å². The highest BCUT2D eigenvalue weighted by atomic mass is 32.2. The quantitative estimate of drug-likeness (QED) is 0.593. The largest absolute Gasteiger partial charge is 0.451 e. The summed E-state index contributed by atoms with van der Waals surface area (Å²) in [7, 11) is -3.70. The van der Waals surface area contributed by atoms with Crippen molar-refractivity contribution in [1.82, 2.24) is 9.21 Å². The summed E-state index contributed by atoms with van der Waals surface area (Å²) >= 11 is 0. The number of nitrogens with one attached hydrogen (secondary N) is 1. The summed E-state index contributed by atoms with van der Waals surface area (Å²) in [6.07, 6.45) is 1.88. The Morgan fingerprint density at radius 2 is 1.91 bits per heavy atom. The normalized spacial score (nSPS) is 19.2. The van der Waals surface area contributed by atoms with Crippen LogP contribution in [0.2, 0.25) is 0 Å². The molecule has 2 amide bonds. The van der Waals surface area contributed by atoms with Crippen molar-refractivity contribution in [3.8, 4) is 0 Å². The third kappa shape index (κ3) is 6.27. The Morgan fingerprint density at radius 3 is 2.66 bits per heavy atom. The van der Waals surface area contributed by atoms with Crippen LogP contribution in [0, 0.1) is 0 Å². The van der Waals surface area contributed by atoms with Crippen molar-refractivity contribution in [3.05, 3.63) is 24.3 Å². The Labute approximate surface area is 187 Å². The average Bonchev–Trinajstić information content (AvgIpc) is 2.98. The zero-order valence-electron chi connectivity index (χ0n) is 18.1. The van der Waals surface area contributed by atoms with E-state index in [1.54, 1.807) is 6.07 Å². The van der Waals surface area contributed by atoms with Gasteiger partial charge in [-0.2, -0.15) is 4.31 Å². The lowest BCUT2D eigenvalue weighted by molar-refractivity contribution is -0.156. The molecule has 2 aliphatic rings. The molecule has 11 heteroatoms. The standard InChI is InChI=1S/C21H29N3O7S/c1-16(31-20(26)15-23-9-4-2-3-8-19(23)25)21(27)22-17-6-5-7-18(14-17)32(28,29)24-10-12-30-13-11-24/h5-7,14,16H,2-4,8-13,15H2,1H3,(H,22,27). The molecule has 0 aromatic heterocycles. The van der Waals surface area contributed by atoms with E-state index >= 15 is 0 Å². The van der Waals surface area contributed by atoms with Crippen LogP contribution in [-0.4, -0.2) is 80.9 Å². The van der Waals surface area contributed by atoms with Gasteiger partial charge >= 0.3 is 5.97 Å². The number of sulfonamides is 1. The van der Waals surface area contributed by atoms with Crippen LogP contribution in [0.3, 0.4) is 0 Å². The molecule has 0 spiro atoms. The average molecular weight is 468 g/mol. The zero-order valence-corrected chi connectivity index (χ0v) is 18.9. The summed E-state index contributed by atoms with van der Waals surface area (Å²) < 4.78 is 37.3. The Bertz CT molecular complexity index is 944. The predicted octanol–water partition coefficient (Wildman–Crippen LogP) is 0.980. The van der Waals surface area contributed by atoms with Crippen LogP contribution in [0.5, 0.6) is 0 Å². The first-order valence-electron chi connectivity index (χ1n) is 10.7. The third-order valence-corrected chi connectivity index (χ3v) is 7.27. The highest BCUT2D eigenvalue weighted by molar-refractivity contribution is 7.89. The van der Waals surface area contributed by atoms with Crippen LogP contribution in [0.15, 0.2) is 29.2 Å². The van der Waals surface area contributed by atoms with Gasteiger partial charge in [-0.1, -0.05) is 12.5 Å². The number of carbonyl (C=O) groups is 3. The summed E-state index contributed by atoms with van der Waals surface area (Å²) in [5, 5.41) is 2.58. The smallest absolute Gasteiger partial charge is 0.326 e. The number of anilines is 1. The van der Waals surface area contributed by atoms with Gasteiger partial charge in [-0.05, 0) is 38.0 Å². The molecular formula is C21H29N3O7S. The van der Waals surface area contributed by atoms with Crippen molar-refractivity contribution in [2.24, 2.45) is 0 Å². The zero-order chi connectivity index (χ0) is 23.1. The molecule has 1 unspecified atom stereocenters. The molecule has 2 aliphatic heterocycles. The molecule has 0 aliphatic carbocycles. The van der Waals surface area contributed by atoms with Crippen LogP contribution in [-0.2, 0) is 33.9 Å². The highest BCUT2D eigenvalue weighted by Gasteiger charge is 2.27. The first-order valence-corrected chi connectivity index (χ1v) is 12.2. The van der Waals surface area contributed by atoms with E-state index in [4.69, 9.17) is 9.47 Å². The number of carbonyl (C=O) groups excluding carboxylic acids is 3. The SMILES string of the molecule is CC(OC(=O)CN1CCCCCC1=O)C(=O)Nc1cccc(S(=O)(=O)N2CCOCC2)c1. The highest BCUT2D eigenvalue weighted by Crippen LogP contribution is 2.21. The van der Waals surface area contributed by atoms with Crippen molar-refractivity contribution in [1.29, 1.82) is 0 Å². The molecule has 0 radical (unpaired) electrons. The van der Waals surface area contributed by atoms with E-state index in [2.05, 4.69) is 5.32 Å². The third-order valence-electron chi connectivity index (χ3n) is 5.38. The fourth-order valence-corrected chi connectivity index (χ4v) is 5.02. The Kier molecular flexibility index (Phi) is 8.21. The second kappa shape index (κ2) is 10.9. The number of esters is 1. The number of benzene rings is 1. The van der Waals surface area contributed by atoms with Gasteiger partial charge in [-0.15, -0.1) is 0 Å². The number of likely N-dealkylation sites (tertiary alicyclic amines) is 1. The van der Waals surface area contributed by atoms with E-state index in [0.717, 1.165) is 19.3 Å². The Morgan fingerprint density at radius 1 is 1.16 bits per heavy atom.